The van der Waals surface area contributed by atoms with E-state index in [1.165, 1.54) is 12.8 Å². The average Bonchev–Trinajstić information content (AvgIpc) is 3.34. The number of carbonyl (C=O) groups excluding carboxylic acids is 1. The number of rotatable bonds is 4. The van der Waals surface area contributed by atoms with Crippen molar-refractivity contribution in [1.82, 2.24) is 9.80 Å². The second-order valence-corrected chi connectivity index (χ2v) is 7.67. The fraction of sp³-hybridized carbons (Fsp3) is 0.450. The molecule has 2 aliphatic rings. The van der Waals surface area contributed by atoms with E-state index in [9.17, 15) is 4.79 Å². The van der Waals surface area contributed by atoms with Gasteiger partial charge in [0.2, 0.25) is 0 Å². The summed E-state index contributed by atoms with van der Waals surface area (Å²) in [6.07, 6.45) is 2.75. The first-order valence-corrected chi connectivity index (χ1v) is 9.95. The van der Waals surface area contributed by atoms with Gasteiger partial charge in [0.1, 0.15) is 0 Å². The summed E-state index contributed by atoms with van der Waals surface area (Å²) in [4.78, 5) is 18.3. The molecule has 2 aliphatic heterocycles. The van der Waals surface area contributed by atoms with Crippen molar-refractivity contribution in [2.75, 3.05) is 39.3 Å². The van der Waals surface area contributed by atoms with Crippen LogP contribution < -0.4 is 0 Å². The van der Waals surface area contributed by atoms with E-state index >= 15 is 0 Å². The molecular weight excluding hydrogens is 332 g/mol. The molecule has 0 N–H and O–H groups in total. The largest absolute Gasteiger partial charge is 0.377 e. The Morgan fingerprint density at radius 1 is 1.12 bits per heavy atom. The normalized spacial score (nSPS) is 21.6. The Morgan fingerprint density at radius 2 is 1.92 bits per heavy atom. The third kappa shape index (κ3) is 3.78. The van der Waals surface area contributed by atoms with Crippen LogP contribution in [0.5, 0.6) is 0 Å². The standard InChI is InChI=1S/C20H24N2O2S/c23-20(19-18(8-14-25-19)16-5-2-1-3-6-16)22-11-9-21(10-12-22)15-17-7-4-13-24-17/h1-3,5-6,8,14,17H,4,7,9-13,15H2/t17-/m0/s1. The van der Waals surface area contributed by atoms with E-state index in [0.29, 0.717) is 6.10 Å². The first-order valence-electron chi connectivity index (χ1n) is 9.07. The fourth-order valence-electron chi connectivity index (χ4n) is 3.67. The van der Waals surface area contributed by atoms with E-state index in [1.54, 1.807) is 11.3 Å². The minimum atomic E-state index is 0.172. The van der Waals surface area contributed by atoms with Crippen LogP contribution in [0.4, 0.5) is 0 Å². The number of thiophene rings is 1. The Morgan fingerprint density at radius 3 is 2.64 bits per heavy atom. The van der Waals surface area contributed by atoms with Gasteiger partial charge >= 0.3 is 0 Å². The number of benzene rings is 1. The molecule has 4 rings (SSSR count). The van der Waals surface area contributed by atoms with Crippen molar-refractivity contribution in [1.29, 1.82) is 0 Å². The van der Waals surface area contributed by atoms with Gasteiger partial charge in [0, 0.05) is 44.9 Å². The van der Waals surface area contributed by atoms with Crippen molar-refractivity contribution in [3.05, 3.63) is 46.7 Å². The Labute approximate surface area is 153 Å². The highest BCUT2D eigenvalue weighted by Crippen LogP contribution is 2.29. The van der Waals surface area contributed by atoms with Gasteiger partial charge in [-0.05, 0) is 29.9 Å². The summed E-state index contributed by atoms with van der Waals surface area (Å²) in [5, 5.41) is 2.02. The maximum Gasteiger partial charge on any atom is 0.264 e. The number of hydrogen-bond donors (Lipinski definition) is 0. The topological polar surface area (TPSA) is 32.8 Å². The number of carbonyl (C=O) groups is 1. The van der Waals surface area contributed by atoms with Crippen LogP contribution in [0.2, 0.25) is 0 Å². The van der Waals surface area contributed by atoms with Gasteiger partial charge in [-0.15, -0.1) is 11.3 Å². The van der Waals surface area contributed by atoms with Gasteiger partial charge < -0.3 is 9.64 Å². The van der Waals surface area contributed by atoms with Crippen LogP contribution in [-0.2, 0) is 4.74 Å². The molecule has 1 amide bonds. The highest BCUT2D eigenvalue weighted by atomic mass is 32.1. The van der Waals surface area contributed by atoms with Crippen molar-refractivity contribution < 1.29 is 9.53 Å². The maximum atomic E-state index is 13.0. The number of nitrogens with zero attached hydrogens (tertiary/aromatic N) is 2. The van der Waals surface area contributed by atoms with Gasteiger partial charge in [0.25, 0.3) is 5.91 Å². The minimum absolute atomic E-state index is 0.172. The van der Waals surface area contributed by atoms with Crippen LogP contribution in [-0.4, -0.2) is 61.1 Å². The third-order valence-corrected chi connectivity index (χ3v) is 5.99. The number of ether oxygens (including phenoxy) is 1. The number of amides is 1. The molecule has 3 heterocycles. The molecule has 132 valence electrons. The summed E-state index contributed by atoms with van der Waals surface area (Å²) in [6, 6.07) is 12.2. The molecule has 4 nitrogen and oxygen atoms in total. The summed E-state index contributed by atoms with van der Waals surface area (Å²) in [7, 11) is 0. The first kappa shape index (κ1) is 16.8. The van der Waals surface area contributed by atoms with Gasteiger partial charge in [-0.3, -0.25) is 9.69 Å². The van der Waals surface area contributed by atoms with Crippen LogP contribution in [0, 0.1) is 0 Å². The van der Waals surface area contributed by atoms with E-state index in [-0.39, 0.29) is 5.91 Å². The van der Waals surface area contributed by atoms with E-state index < -0.39 is 0 Å². The molecule has 1 atom stereocenters. The highest BCUT2D eigenvalue weighted by molar-refractivity contribution is 7.12. The van der Waals surface area contributed by atoms with Crippen molar-refractivity contribution in [3.8, 4) is 11.1 Å². The zero-order chi connectivity index (χ0) is 17.1. The van der Waals surface area contributed by atoms with Crippen LogP contribution >= 0.6 is 11.3 Å². The molecule has 0 spiro atoms. The first-order chi connectivity index (χ1) is 12.3. The van der Waals surface area contributed by atoms with Crippen LogP contribution in [0.3, 0.4) is 0 Å². The molecular formula is C20H24N2O2S. The predicted molar refractivity (Wildman–Crippen MR) is 101 cm³/mol. The zero-order valence-corrected chi connectivity index (χ0v) is 15.2. The second kappa shape index (κ2) is 7.68. The predicted octanol–water partition coefficient (Wildman–Crippen LogP) is 3.35. The smallest absolute Gasteiger partial charge is 0.264 e. The summed E-state index contributed by atoms with van der Waals surface area (Å²) < 4.78 is 5.73. The molecule has 0 bridgehead atoms. The van der Waals surface area contributed by atoms with Crippen LogP contribution in [0.25, 0.3) is 11.1 Å². The number of piperazine rings is 1. The SMILES string of the molecule is O=C(c1sccc1-c1ccccc1)N1CCN(C[C@@H]2CCCO2)CC1. The quantitative estimate of drug-likeness (QED) is 0.842. The van der Waals surface area contributed by atoms with Crippen molar-refractivity contribution in [2.45, 2.75) is 18.9 Å². The maximum absolute atomic E-state index is 13.0. The minimum Gasteiger partial charge on any atom is -0.377 e. The second-order valence-electron chi connectivity index (χ2n) is 6.76. The number of hydrogen-bond acceptors (Lipinski definition) is 4. The molecule has 2 aromatic rings. The van der Waals surface area contributed by atoms with Gasteiger partial charge in [0.15, 0.2) is 0 Å². The summed E-state index contributed by atoms with van der Waals surface area (Å²) in [6.45, 7) is 5.41. The van der Waals surface area contributed by atoms with Crippen LogP contribution in [0.1, 0.15) is 22.5 Å². The summed E-state index contributed by atoms with van der Waals surface area (Å²) >= 11 is 1.55. The lowest BCUT2D eigenvalue weighted by atomic mass is 10.1. The van der Waals surface area contributed by atoms with Gasteiger partial charge in [0.05, 0.1) is 11.0 Å². The molecule has 0 aliphatic carbocycles. The Kier molecular flexibility index (Phi) is 5.15. The molecule has 1 aromatic heterocycles. The van der Waals surface area contributed by atoms with Crippen molar-refractivity contribution in [2.24, 2.45) is 0 Å². The Hall–Kier alpha value is -1.69. The lowest BCUT2D eigenvalue weighted by Gasteiger charge is -2.35. The molecule has 0 unspecified atom stereocenters. The molecule has 2 saturated heterocycles. The van der Waals surface area contributed by atoms with Gasteiger partial charge in [-0.2, -0.15) is 0 Å². The van der Waals surface area contributed by atoms with Crippen molar-refractivity contribution >= 4 is 17.2 Å². The average molecular weight is 356 g/mol. The lowest BCUT2D eigenvalue weighted by molar-refractivity contribution is 0.0435. The Bertz CT molecular complexity index is 701. The Balaban J connectivity index is 1.39. The van der Waals surface area contributed by atoms with E-state index in [1.807, 2.05) is 28.5 Å². The van der Waals surface area contributed by atoms with Gasteiger partial charge in [-0.1, -0.05) is 30.3 Å². The molecule has 2 fully saturated rings. The lowest BCUT2D eigenvalue weighted by Crippen LogP contribution is -2.50. The monoisotopic (exact) mass is 356 g/mol. The fourth-order valence-corrected chi connectivity index (χ4v) is 4.56. The van der Waals surface area contributed by atoms with E-state index in [2.05, 4.69) is 23.1 Å². The molecule has 5 heteroatoms. The molecule has 0 radical (unpaired) electrons. The third-order valence-electron chi connectivity index (χ3n) is 5.09. The van der Waals surface area contributed by atoms with Gasteiger partial charge in [-0.25, -0.2) is 0 Å². The van der Waals surface area contributed by atoms with E-state index in [4.69, 9.17) is 4.74 Å². The van der Waals surface area contributed by atoms with E-state index in [0.717, 1.165) is 55.3 Å². The molecule has 0 saturated carbocycles. The molecule has 1 aromatic carbocycles. The molecule has 25 heavy (non-hydrogen) atoms. The van der Waals surface area contributed by atoms with Crippen molar-refractivity contribution in [3.63, 3.8) is 0 Å². The van der Waals surface area contributed by atoms with Crippen LogP contribution in [0.15, 0.2) is 41.8 Å². The summed E-state index contributed by atoms with van der Waals surface area (Å²) in [5.41, 5.74) is 2.17. The highest BCUT2D eigenvalue weighted by Gasteiger charge is 2.27. The zero-order valence-electron chi connectivity index (χ0n) is 14.4. The summed E-state index contributed by atoms with van der Waals surface area (Å²) in [5.74, 6) is 0.172.